The van der Waals surface area contributed by atoms with Crippen LogP contribution in [0.4, 0.5) is 0 Å². The summed E-state index contributed by atoms with van der Waals surface area (Å²) in [4.78, 5) is 14.2. The molecule has 1 amide bonds. The Morgan fingerprint density at radius 1 is 1.32 bits per heavy atom. The Morgan fingerprint density at radius 2 is 2.04 bits per heavy atom. The maximum absolute atomic E-state index is 12.4. The van der Waals surface area contributed by atoms with Gasteiger partial charge in [-0.05, 0) is 42.8 Å². The van der Waals surface area contributed by atoms with Gasteiger partial charge in [0.05, 0.1) is 5.69 Å². The average molecular weight is 544 g/mol. The number of nitrogens with zero attached hydrogens (tertiary/aromatic N) is 2. The number of rotatable bonds is 5. The number of carbonyl (C=O) groups is 1. The molecule has 0 atom stereocenters. The molecule has 1 N–H and O–H groups in total. The van der Waals surface area contributed by atoms with E-state index < -0.39 is 0 Å². The number of halogens is 3. The van der Waals surface area contributed by atoms with Gasteiger partial charge in [-0.25, -0.2) is 5.43 Å². The third kappa shape index (κ3) is 5.23. The Labute approximate surface area is 191 Å². The van der Waals surface area contributed by atoms with E-state index in [4.69, 9.17) is 11.6 Å². The van der Waals surface area contributed by atoms with Crippen LogP contribution in [0.5, 0.6) is 0 Å². The molecule has 0 aliphatic carbocycles. The Kier molecular flexibility index (Phi) is 8.24. The molecule has 3 aromatic rings. The van der Waals surface area contributed by atoms with Crippen molar-refractivity contribution in [2.75, 3.05) is 0 Å². The fraction of sp³-hybridized carbons (Fsp3) is 0.100. The number of allylic oxidation sites excluding steroid dienone is 1. The minimum Gasteiger partial charge on any atom is -0.311 e. The number of aryl methyl sites for hydroxylation is 1. The molecule has 0 saturated heterocycles. The fourth-order valence-corrected chi connectivity index (χ4v) is 4.16. The summed E-state index contributed by atoms with van der Waals surface area (Å²) in [6, 6.07) is 14.8. The Bertz CT molecular complexity index is 1060. The van der Waals surface area contributed by atoms with Crippen molar-refractivity contribution >= 4 is 61.8 Å². The number of nitrogens with one attached hydrogen (secondary N) is 1. The minimum absolute atomic E-state index is 0. The van der Waals surface area contributed by atoms with Crippen LogP contribution in [0.1, 0.15) is 15.2 Å². The van der Waals surface area contributed by atoms with Gasteiger partial charge in [0.2, 0.25) is 4.80 Å². The molecular weight excluding hydrogens is 526 g/mol. The third-order valence-corrected chi connectivity index (χ3v) is 5.59. The van der Waals surface area contributed by atoms with Gasteiger partial charge < -0.3 is 4.57 Å². The van der Waals surface area contributed by atoms with Crippen LogP contribution in [0.15, 0.2) is 70.8 Å². The standard InChI is InChI=1S/C20H17BrClN3OS.BrH/c1-3-11-25-18(14-7-9-17(22)10-8-14)13(2)27-20(25)24-23-19(26)15-5-4-6-16(21)12-15;/h3-10,12H,1,11H2,2H3,(H,23,26);1H. The van der Waals surface area contributed by atoms with Crippen LogP contribution in [0, 0.1) is 6.92 Å². The number of amides is 1. The second-order valence-corrected chi connectivity index (χ2v) is 8.29. The normalized spacial score (nSPS) is 11.0. The first-order valence-electron chi connectivity index (χ1n) is 8.16. The largest absolute Gasteiger partial charge is 0.311 e. The van der Waals surface area contributed by atoms with E-state index in [0.717, 1.165) is 20.6 Å². The lowest BCUT2D eigenvalue weighted by molar-refractivity contribution is 0.0953. The highest BCUT2D eigenvalue weighted by molar-refractivity contribution is 9.10. The zero-order chi connectivity index (χ0) is 19.4. The molecule has 0 saturated carbocycles. The molecule has 0 aliphatic rings. The molecule has 4 nitrogen and oxygen atoms in total. The molecule has 0 aliphatic heterocycles. The van der Waals surface area contributed by atoms with Gasteiger partial charge in [0, 0.05) is 26.5 Å². The monoisotopic (exact) mass is 541 g/mol. The van der Waals surface area contributed by atoms with E-state index in [0.29, 0.717) is 21.9 Å². The van der Waals surface area contributed by atoms with Crippen molar-refractivity contribution in [3.8, 4) is 11.3 Å². The van der Waals surface area contributed by atoms with E-state index in [1.54, 1.807) is 18.2 Å². The van der Waals surface area contributed by atoms with Crippen LogP contribution in [0.25, 0.3) is 11.3 Å². The highest BCUT2D eigenvalue weighted by Crippen LogP contribution is 2.26. The van der Waals surface area contributed by atoms with Crippen molar-refractivity contribution in [2.24, 2.45) is 5.10 Å². The number of benzene rings is 2. The van der Waals surface area contributed by atoms with Gasteiger partial charge in [0.1, 0.15) is 0 Å². The first-order valence-corrected chi connectivity index (χ1v) is 10.1. The summed E-state index contributed by atoms with van der Waals surface area (Å²) >= 11 is 10.9. The van der Waals surface area contributed by atoms with Crippen LogP contribution < -0.4 is 10.2 Å². The zero-order valence-electron chi connectivity index (χ0n) is 15.0. The molecule has 0 spiro atoms. The number of hydrogen-bond acceptors (Lipinski definition) is 3. The molecule has 3 rings (SSSR count). The first kappa shape index (κ1) is 22.6. The average Bonchev–Trinajstić information content (AvgIpc) is 2.96. The molecular formula is C20H18Br2ClN3OS. The molecule has 0 radical (unpaired) electrons. The lowest BCUT2D eigenvalue weighted by Gasteiger charge is -2.08. The molecule has 2 aromatic carbocycles. The van der Waals surface area contributed by atoms with E-state index >= 15 is 0 Å². The Balaban J connectivity index is 0.00000280. The Hall–Kier alpha value is -1.67. The molecule has 0 fully saturated rings. The summed E-state index contributed by atoms with van der Waals surface area (Å²) < 4.78 is 2.87. The van der Waals surface area contributed by atoms with Crippen LogP contribution in [-0.2, 0) is 6.54 Å². The van der Waals surface area contributed by atoms with Gasteiger partial charge in [-0.1, -0.05) is 63.1 Å². The van der Waals surface area contributed by atoms with Gasteiger partial charge in [0.25, 0.3) is 5.91 Å². The molecule has 0 unspecified atom stereocenters. The van der Waals surface area contributed by atoms with Crippen molar-refractivity contribution in [3.63, 3.8) is 0 Å². The summed E-state index contributed by atoms with van der Waals surface area (Å²) in [6.45, 7) is 6.44. The number of hydrogen-bond donors (Lipinski definition) is 1. The van der Waals surface area contributed by atoms with Crippen molar-refractivity contribution in [1.82, 2.24) is 9.99 Å². The quantitative estimate of drug-likeness (QED) is 0.314. The molecule has 28 heavy (non-hydrogen) atoms. The molecule has 0 bridgehead atoms. The van der Waals surface area contributed by atoms with Crippen LogP contribution >= 0.6 is 55.8 Å². The summed E-state index contributed by atoms with van der Waals surface area (Å²) in [6.07, 6.45) is 1.81. The number of aromatic nitrogens is 1. The highest BCUT2D eigenvalue weighted by atomic mass is 79.9. The van der Waals surface area contributed by atoms with Gasteiger partial charge in [-0.15, -0.1) is 28.7 Å². The SMILES string of the molecule is Br.C=CCn1c(-c2ccc(Cl)cc2)c(C)sc1=NNC(=O)c1cccc(Br)c1. The molecule has 8 heteroatoms. The van der Waals surface area contributed by atoms with E-state index in [1.165, 1.54) is 11.3 Å². The van der Waals surface area contributed by atoms with E-state index in [2.05, 4.69) is 33.0 Å². The Morgan fingerprint density at radius 3 is 2.68 bits per heavy atom. The van der Waals surface area contributed by atoms with Crippen molar-refractivity contribution in [1.29, 1.82) is 0 Å². The van der Waals surface area contributed by atoms with Gasteiger partial charge >= 0.3 is 0 Å². The lowest BCUT2D eigenvalue weighted by Crippen LogP contribution is -2.24. The topological polar surface area (TPSA) is 46.4 Å². The molecule has 1 heterocycles. The third-order valence-electron chi connectivity index (χ3n) is 3.85. The van der Waals surface area contributed by atoms with Crippen molar-refractivity contribution < 1.29 is 4.79 Å². The predicted molar refractivity (Wildman–Crippen MR) is 125 cm³/mol. The second-order valence-electron chi connectivity index (χ2n) is 5.76. The summed E-state index contributed by atoms with van der Waals surface area (Å²) in [5.41, 5.74) is 5.25. The fourth-order valence-electron chi connectivity index (χ4n) is 2.67. The van der Waals surface area contributed by atoms with Crippen molar-refractivity contribution in [3.05, 3.63) is 85.9 Å². The maximum Gasteiger partial charge on any atom is 0.271 e. The minimum atomic E-state index is -0.263. The number of carbonyl (C=O) groups excluding carboxylic acids is 1. The summed E-state index contributed by atoms with van der Waals surface area (Å²) in [7, 11) is 0. The molecule has 146 valence electrons. The lowest BCUT2D eigenvalue weighted by atomic mass is 10.1. The van der Waals surface area contributed by atoms with E-state index in [1.807, 2.05) is 47.9 Å². The van der Waals surface area contributed by atoms with Gasteiger partial charge in [-0.2, -0.15) is 0 Å². The summed E-state index contributed by atoms with van der Waals surface area (Å²) in [5.74, 6) is -0.263. The van der Waals surface area contributed by atoms with Gasteiger partial charge in [0.15, 0.2) is 0 Å². The van der Waals surface area contributed by atoms with Crippen molar-refractivity contribution in [2.45, 2.75) is 13.5 Å². The van der Waals surface area contributed by atoms with Crippen LogP contribution in [0.3, 0.4) is 0 Å². The molecule has 1 aromatic heterocycles. The first-order chi connectivity index (χ1) is 13.0. The highest BCUT2D eigenvalue weighted by Gasteiger charge is 2.13. The zero-order valence-corrected chi connectivity index (χ0v) is 19.9. The number of thiazole rings is 1. The van der Waals surface area contributed by atoms with Crippen LogP contribution in [0.2, 0.25) is 5.02 Å². The second kappa shape index (κ2) is 10.2. The predicted octanol–water partition coefficient (Wildman–Crippen LogP) is 5.95. The van der Waals surface area contributed by atoms with E-state index in [-0.39, 0.29) is 22.9 Å². The maximum atomic E-state index is 12.4. The van der Waals surface area contributed by atoms with Gasteiger partial charge in [-0.3, -0.25) is 4.79 Å². The van der Waals surface area contributed by atoms with E-state index in [9.17, 15) is 4.79 Å². The smallest absolute Gasteiger partial charge is 0.271 e. The summed E-state index contributed by atoms with van der Waals surface area (Å²) in [5, 5.41) is 5.04. The van der Waals surface area contributed by atoms with Crippen LogP contribution in [-0.4, -0.2) is 10.5 Å².